The molecule has 1 amide bonds. The van der Waals surface area contributed by atoms with Gasteiger partial charge in [-0.2, -0.15) is 5.10 Å². The number of nitro benzene ring substituents is 1. The molecule has 5 aromatic rings. The lowest BCUT2D eigenvalue weighted by Crippen LogP contribution is -2.36. The van der Waals surface area contributed by atoms with Gasteiger partial charge in [0.1, 0.15) is 42.2 Å². The van der Waals surface area contributed by atoms with E-state index < -0.39 is 16.6 Å². The minimum Gasteiger partial charge on any atom is -0.485 e. The van der Waals surface area contributed by atoms with Gasteiger partial charge in [-0.15, -0.1) is 0 Å². The Kier molecular flexibility index (Phi) is 7.92. The summed E-state index contributed by atoms with van der Waals surface area (Å²) < 4.78 is 18.7. The summed E-state index contributed by atoms with van der Waals surface area (Å²) in [4.78, 5) is 37.7. The standard InChI is InChI=1S/C29H30N8O6/c1-18-12-19(6-7-24(18)42-20-8-9-36-26(13-20)31-17-33-36)34-27-21-14-23(37(39)40)25(15-22(21)30-16-32-27)41-11-10-35(5)28(38)43-29(2,3)4/h6-9,12-17H,10-11H2,1-5H3,(H,30,32,34). The topological polar surface area (TPSA) is 159 Å². The number of benzene rings is 2. The van der Waals surface area contributed by atoms with Crippen molar-refractivity contribution in [3.8, 4) is 17.2 Å². The SMILES string of the molecule is Cc1cc(Nc2ncnc3cc(OCCN(C)C(=O)OC(C)(C)C)c([N+](=O)[O-])cc23)ccc1Oc1ccn2ncnc2c1. The number of rotatable bonds is 9. The molecule has 5 rings (SSSR count). The molecule has 1 N–H and O–H groups in total. The van der Waals surface area contributed by atoms with Gasteiger partial charge >= 0.3 is 11.8 Å². The van der Waals surface area contributed by atoms with E-state index in [0.29, 0.717) is 39.6 Å². The van der Waals surface area contributed by atoms with Crippen LogP contribution in [0.2, 0.25) is 0 Å². The Morgan fingerprint density at radius 3 is 2.63 bits per heavy atom. The second-order valence-electron chi connectivity index (χ2n) is 10.7. The third-order valence-electron chi connectivity index (χ3n) is 6.22. The zero-order valence-electron chi connectivity index (χ0n) is 24.3. The van der Waals surface area contributed by atoms with Crippen LogP contribution in [-0.2, 0) is 4.74 Å². The number of pyridine rings is 1. The number of nitrogens with zero attached hydrogens (tertiary/aromatic N) is 7. The van der Waals surface area contributed by atoms with Crippen molar-refractivity contribution in [3.05, 3.63) is 77.0 Å². The molecule has 43 heavy (non-hydrogen) atoms. The first-order chi connectivity index (χ1) is 20.5. The van der Waals surface area contributed by atoms with Crippen molar-refractivity contribution >= 4 is 39.8 Å². The fraction of sp³-hybridized carbons (Fsp3) is 0.276. The van der Waals surface area contributed by atoms with Crippen molar-refractivity contribution in [2.75, 3.05) is 25.5 Å². The zero-order chi connectivity index (χ0) is 30.7. The van der Waals surface area contributed by atoms with Crippen LogP contribution in [0.4, 0.5) is 22.0 Å². The predicted molar refractivity (Wildman–Crippen MR) is 158 cm³/mol. The Labute approximate surface area is 246 Å². The largest absolute Gasteiger partial charge is 0.485 e. The highest BCUT2D eigenvalue weighted by molar-refractivity contribution is 5.93. The molecular formula is C29H30N8O6. The third kappa shape index (κ3) is 6.86. The van der Waals surface area contributed by atoms with E-state index in [0.717, 1.165) is 5.56 Å². The van der Waals surface area contributed by atoms with E-state index >= 15 is 0 Å². The fourth-order valence-electron chi connectivity index (χ4n) is 4.12. The molecule has 14 heteroatoms. The highest BCUT2D eigenvalue weighted by Crippen LogP contribution is 2.35. The molecule has 0 atom stereocenters. The lowest BCUT2D eigenvalue weighted by molar-refractivity contribution is -0.385. The zero-order valence-corrected chi connectivity index (χ0v) is 24.3. The first kappa shape index (κ1) is 29.0. The molecule has 0 bridgehead atoms. The molecule has 0 saturated carbocycles. The summed E-state index contributed by atoms with van der Waals surface area (Å²) in [6.07, 6.45) is 4.08. The molecule has 3 heterocycles. The number of aromatic nitrogens is 5. The summed E-state index contributed by atoms with van der Waals surface area (Å²) in [6, 6.07) is 12.0. The van der Waals surface area contributed by atoms with E-state index in [1.807, 2.05) is 25.1 Å². The minimum atomic E-state index is -0.641. The van der Waals surface area contributed by atoms with Gasteiger partial charge < -0.3 is 24.4 Å². The van der Waals surface area contributed by atoms with Gasteiger partial charge in [0, 0.05) is 37.1 Å². The molecule has 0 saturated heterocycles. The Balaban J connectivity index is 1.32. The van der Waals surface area contributed by atoms with Crippen LogP contribution in [0.25, 0.3) is 16.6 Å². The Morgan fingerprint density at radius 2 is 1.88 bits per heavy atom. The summed E-state index contributed by atoms with van der Waals surface area (Å²) in [5.74, 6) is 1.68. The number of nitrogens with one attached hydrogen (secondary N) is 1. The van der Waals surface area contributed by atoms with Crippen LogP contribution in [0.15, 0.2) is 61.3 Å². The molecule has 14 nitrogen and oxygen atoms in total. The van der Waals surface area contributed by atoms with E-state index in [2.05, 4.69) is 25.4 Å². The average molecular weight is 587 g/mol. The number of aryl methyl sites for hydroxylation is 1. The van der Waals surface area contributed by atoms with E-state index in [1.54, 1.807) is 50.7 Å². The van der Waals surface area contributed by atoms with Gasteiger partial charge in [-0.1, -0.05) is 0 Å². The maximum absolute atomic E-state index is 12.2. The van der Waals surface area contributed by atoms with Crippen LogP contribution >= 0.6 is 0 Å². The lowest BCUT2D eigenvalue weighted by Gasteiger charge is -2.24. The molecule has 0 aliphatic rings. The minimum absolute atomic E-state index is 0.0127. The first-order valence-electron chi connectivity index (χ1n) is 13.3. The van der Waals surface area contributed by atoms with Crippen molar-refractivity contribution in [2.45, 2.75) is 33.3 Å². The lowest BCUT2D eigenvalue weighted by atomic mass is 10.1. The average Bonchev–Trinajstić information content (AvgIpc) is 3.41. The second kappa shape index (κ2) is 11.8. The van der Waals surface area contributed by atoms with E-state index in [1.165, 1.54) is 29.7 Å². The fourth-order valence-corrected chi connectivity index (χ4v) is 4.12. The number of hydrogen-bond donors (Lipinski definition) is 1. The number of nitro groups is 1. The second-order valence-corrected chi connectivity index (χ2v) is 10.7. The van der Waals surface area contributed by atoms with Crippen LogP contribution in [0, 0.1) is 17.0 Å². The van der Waals surface area contributed by atoms with E-state index in [9.17, 15) is 14.9 Å². The maximum atomic E-state index is 12.2. The predicted octanol–water partition coefficient (Wildman–Crippen LogP) is 5.67. The third-order valence-corrected chi connectivity index (χ3v) is 6.22. The molecular weight excluding hydrogens is 556 g/mol. The highest BCUT2D eigenvalue weighted by Gasteiger charge is 2.22. The number of carbonyl (C=O) groups is 1. The molecule has 2 aromatic carbocycles. The first-order valence-corrected chi connectivity index (χ1v) is 13.3. The Hall–Kier alpha value is -5.53. The molecule has 3 aromatic heterocycles. The van der Waals surface area contributed by atoms with Crippen molar-refractivity contribution < 1.29 is 23.9 Å². The number of fused-ring (bicyclic) bond motifs is 2. The van der Waals surface area contributed by atoms with Gasteiger partial charge in [0.25, 0.3) is 0 Å². The molecule has 0 fully saturated rings. The normalized spacial score (nSPS) is 11.4. The number of likely N-dealkylation sites (N-methyl/N-ethyl adjacent to an activating group) is 1. The quantitative estimate of drug-likeness (QED) is 0.167. The van der Waals surface area contributed by atoms with Crippen molar-refractivity contribution in [2.24, 2.45) is 0 Å². The number of hydrogen-bond acceptors (Lipinski definition) is 11. The number of carbonyl (C=O) groups excluding carboxylic acids is 1. The van der Waals surface area contributed by atoms with Crippen molar-refractivity contribution in [3.63, 3.8) is 0 Å². The summed E-state index contributed by atoms with van der Waals surface area (Å²) in [7, 11) is 1.57. The number of ether oxygens (including phenoxy) is 3. The van der Waals surface area contributed by atoms with Gasteiger partial charge in [0.15, 0.2) is 11.4 Å². The van der Waals surface area contributed by atoms with Gasteiger partial charge in [-0.25, -0.2) is 24.3 Å². The molecule has 0 radical (unpaired) electrons. The smallest absolute Gasteiger partial charge is 0.410 e. The monoisotopic (exact) mass is 586 g/mol. The van der Waals surface area contributed by atoms with Crippen LogP contribution in [0.1, 0.15) is 26.3 Å². The van der Waals surface area contributed by atoms with Gasteiger partial charge in [0.05, 0.1) is 22.4 Å². The number of amides is 1. The summed E-state index contributed by atoms with van der Waals surface area (Å²) in [5.41, 5.74) is 1.76. The van der Waals surface area contributed by atoms with E-state index in [4.69, 9.17) is 14.2 Å². The Morgan fingerprint density at radius 1 is 1.07 bits per heavy atom. The molecule has 0 aliphatic heterocycles. The van der Waals surface area contributed by atoms with Gasteiger partial charge in [-0.3, -0.25) is 10.1 Å². The van der Waals surface area contributed by atoms with Crippen molar-refractivity contribution in [1.82, 2.24) is 29.5 Å². The van der Waals surface area contributed by atoms with Crippen LogP contribution in [0.5, 0.6) is 17.2 Å². The molecule has 222 valence electrons. The van der Waals surface area contributed by atoms with Gasteiger partial charge in [0.2, 0.25) is 0 Å². The molecule has 0 aliphatic carbocycles. The summed E-state index contributed by atoms with van der Waals surface area (Å²) in [5, 5.41) is 19.7. The summed E-state index contributed by atoms with van der Waals surface area (Å²) in [6.45, 7) is 7.39. The summed E-state index contributed by atoms with van der Waals surface area (Å²) >= 11 is 0. The molecule has 0 unspecified atom stereocenters. The van der Waals surface area contributed by atoms with Gasteiger partial charge in [-0.05, 0) is 57.5 Å². The van der Waals surface area contributed by atoms with E-state index in [-0.39, 0.29) is 24.6 Å². The van der Waals surface area contributed by atoms with Crippen LogP contribution in [-0.4, -0.2) is 66.3 Å². The van der Waals surface area contributed by atoms with Crippen molar-refractivity contribution in [1.29, 1.82) is 0 Å². The van der Waals surface area contributed by atoms with Crippen LogP contribution in [0.3, 0.4) is 0 Å². The van der Waals surface area contributed by atoms with Crippen LogP contribution < -0.4 is 14.8 Å². The number of anilines is 2. The highest BCUT2D eigenvalue weighted by atomic mass is 16.6. The maximum Gasteiger partial charge on any atom is 0.410 e. The Bertz CT molecular complexity index is 1820. The molecule has 0 spiro atoms.